The molecule has 21 heavy (non-hydrogen) atoms. The second-order valence-electron chi connectivity index (χ2n) is 5.60. The molecule has 2 aromatic carbocycles. The molecule has 0 unspecified atom stereocenters. The smallest absolute Gasteiger partial charge is 0.240 e. The summed E-state index contributed by atoms with van der Waals surface area (Å²) in [5.74, 6) is 0. The predicted octanol–water partition coefficient (Wildman–Crippen LogP) is 3.96. The lowest BCUT2D eigenvalue weighted by Gasteiger charge is -2.32. The molecular formula is C17H21Cl2NP+. The van der Waals surface area contributed by atoms with Crippen LogP contribution in [0, 0.1) is 0 Å². The SMILES string of the molecule is C[N+](C)(CCP(c1ccccc1)c1ccccc1)C(Cl)Cl. The normalized spacial score (nSPS) is 12.1. The number of alkyl halides is 2. The van der Waals surface area contributed by atoms with Crippen molar-refractivity contribution in [2.24, 2.45) is 0 Å². The molecule has 0 amide bonds. The van der Waals surface area contributed by atoms with Gasteiger partial charge in [-0.15, -0.1) is 0 Å². The van der Waals surface area contributed by atoms with Gasteiger partial charge in [0.15, 0.2) is 0 Å². The average molecular weight is 341 g/mol. The molecule has 0 aliphatic carbocycles. The predicted molar refractivity (Wildman–Crippen MR) is 96.4 cm³/mol. The van der Waals surface area contributed by atoms with Crippen molar-refractivity contribution in [2.75, 3.05) is 26.8 Å². The fraction of sp³-hybridized carbons (Fsp3) is 0.294. The Balaban J connectivity index is 2.22. The van der Waals surface area contributed by atoms with E-state index in [9.17, 15) is 0 Å². The van der Waals surface area contributed by atoms with Crippen molar-refractivity contribution < 1.29 is 4.48 Å². The monoisotopic (exact) mass is 340 g/mol. The summed E-state index contributed by atoms with van der Waals surface area (Å²) in [5, 5.41) is 2.80. The van der Waals surface area contributed by atoms with Crippen LogP contribution in [0.4, 0.5) is 0 Å². The van der Waals surface area contributed by atoms with Crippen molar-refractivity contribution in [3.63, 3.8) is 0 Å². The molecule has 2 aromatic rings. The summed E-state index contributed by atoms with van der Waals surface area (Å²) >= 11 is 12.2. The molecule has 112 valence electrons. The van der Waals surface area contributed by atoms with Crippen LogP contribution in [0.1, 0.15) is 0 Å². The molecule has 2 rings (SSSR count). The lowest BCUT2D eigenvalue weighted by molar-refractivity contribution is -0.887. The molecule has 4 heteroatoms. The van der Waals surface area contributed by atoms with Gasteiger partial charge in [-0.3, -0.25) is 4.48 Å². The highest BCUT2D eigenvalue weighted by Gasteiger charge is 2.26. The molecule has 0 spiro atoms. The Morgan fingerprint density at radius 2 is 1.29 bits per heavy atom. The first-order valence-electron chi connectivity index (χ1n) is 6.99. The van der Waals surface area contributed by atoms with Gasteiger partial charge in [0.2, 0.25) is 4.96 Å². The first-order chi connectivity index (χ1) is 10.0. The van der Waals surface area contributed by atoms with Gasteiger partial charge in [0, 0.05) is 6.16 Å². The van der Waals surface area contributed by atoms with Crippen LogP contribution in [-0.4, -0.2) is 36.2 Å². The summed E-state index contributed by atoms with van der Waals surface area (Å²) < 4.78 is 0.613. The highest BCUT2D eigenvalue weighted by molar-refractivity contribution is 7.73. The molecule has 0 N–H and O–H groups in total. The van der Waals surface area contributed by atoms with E-state index in [1.807, 2.05) is 0 Å². The van der Waals surface area contributed by atoms with E-state index in [4.69, 9.17) is 23.2 Å². The average Bonchev–Trinajstić information content (AvgIpc) is 2.49. The van der Waals surface area contributed by atoms with E-state index < -0.39 is 4.96 Å². The number of halogens is 2. The number of rotatable bonds is 6. The third-order valence-corrected chi connectivity index (χ3v) is 7.11. The fourth-order valence-corrected chi connectivity index (χ4v) is 4.87. The summed E-state index contributed by atoms with van der Waals surface area (Å²) in [6.07, 6.45) is 1.08. The Hall–Kier alpha value is -0.590. The van der Waals surface area contributed by atoms with Crippen LogP contribution >= 0.6 is 31.1 Å². The van der Waals surface area contributed by atoms with Crippen molar-refractivity contribution in [3.05, 3.63) is 60.7 Å². The van der Waals surface area contributed by atoms with Crippen molar-refractivity contribution in [3.8, 4) is 0 Å². The van der Waals surface area contributed by atoms with Gasteiger partial charge >= 0.3 is 0 Å². The Bertz CT molecular complexity index is 504. The van der Waals surface area contributed by atoms with Crippen LogP contribution < -0.4 is 10.6 Å². The van der Waals surface area contributed by atoms with Gasteiger partial charge in [0.05, 0.1) is 20.6 Å². The maximum atomic E-state index is 6.09. The van der Waals surface area contributed by atoms with E-state index in [1.165, 1.54) is 10.6 Å². The topological polar surface area (TPSA) is 0 Å². The largest absolute Gasteiger partial charge is 0.300 e. The van der Waals surface area contributed by atoms with Crippen LogP contribution in [0.25, 0.3) is 0 Å². The first-order valence-corrected chi connectivity index (χ1v) is 9.39. The third-order valence-electron chi connectivity index (χ3n) is 3.56. The molecule has 0 aliphatic rings. The molecule has 0 atom stereocenters. The van der Waals surface area contributed by atoms with E-state index in [0.717, 1.165) is 12.7 Å². The van der Waals surface area contributed by atoms with E-state index in [2.05, 4.69) is 74.8 Å². The second kappa shape index (κ2) is 7.61. The van der Waals surface area contributed by atoms with Crippen LogP contribution in [0.3, 0.4) is 0 Å². The van der Waals surface area contributed by atoms with Crippen LogP contribution in [-0.2, 0) is 0 Å². The first kappa shape index (κ1) is 16.8. The lowest BCUT2D eigenvalue weighted by atomic mass is 10.4. The zero-order chi connectivity index (χ0) is 15.3. The second-order valence-corrected chi connectivity index (χ2v) is 8.99. The van der Waals surface area contributed by atoms with Gasteiger partial charge in [-0.1, -0.05) is 60.7 Å². The highest BCUT2D eigenvalue weighted by Crippen LogP contribution is 2.34. The van der Waals surface area contributed by atoms with E-state index >= 15 is 0 Å². The third kappa shape index (κ3) is 4.69. The zero-order valence-electron chi connectivity index (χ0n) is 12.4. The van der Waals surface area contributed by atoms with Crippen molar-refractivity contribution in [1.82, 2.24) is 0 Å². The standard InChI is InChI=1S/C17H21Cl2NP/c1-20(2,17(18)19)13-14-21(15-9-5-3-6-10-15)16-11-7-4-8-12-16/h3-12,17H,13-14H2,1-2H3/q+1. The quantitative estimate of drug-likeness (QED) is 0.323. The Labute approximate surface area is 138 Å². The Kier molecular flexibility index (Phi) is 6.08. The fourth-order valence-electron chi connectivity index (χ4n) is 2.08. The Morgan fingerprint density at radius 3 is 1.67 bits per heavy atom. The molecule has 0 fully saturated rings. The summed E-state index contributed by atoms with van der Waals surface area (Å²) in [6, 6.07) is 21.5. The minimum Gasteiger partial charge on any atom is -0.300 e. The van der Waals surface area contributed by atoms with Crippen LogP contribution in [0.2, 0.25) is 0 Å². The van der Waals surface area contributed by atoms with Gasteiger partial charge in [0.1, 0.15) is 0 Å². The lowest BCUT2D eigenvalue weighted by Crippen LogP contribution is -2.45. The van der Waals surface area contributed by atoms with Gasteiger partial charge in [-0.2, -0.15) is 0 Å². The summed E-state index contributed by atoms with van der Waals surface area (Å²) in [6.45, 7) is 0.952. The van der Waals surface area contributed by atoms with Crippen LogP contribution in [0.15, 0.2) is 60.7 Å². The minimum absolute atomic E-state index is 0.373. The van der Waals surface area contributed by atoms with E-state index in [1.54, 1.807) is 0 Å². The van der Waals surface area contributed by atoms with E-state index in [-0.39, 0.29) is 7.92 Å². The van der Waals surface area contributed by atoms with Gasteiger partial charge in [0.25, 0.3) is 0 Å². The number of benzene rings is 2. The summed E-state index contributed by atoms with van der Waals surface area (Å²) in [5.41, 5.74) is 0. The van der Waals surface area contributed by atoms with Crippen LogP contribution in [0.5, 0.6) is 0 Å². The Morgan fingerprint density at radius 1 is 0.857 bits per heavy atom. The highest BCUT2D eigenvalue weighted by atomic mass is 35.5. The number of quaternary nitrogens is 1. The van der Waals surface area contributed by atoms with Crippen molar-refractivity contribution >= 4 is 41.7 Å². The van der Waals surface area contributed by atoms with E-state index in [0.29, 0.717) is 4.48 Å². The van der Waals surface area contributed by atoms with Gasteiger partial charge in [-0.05, 0) is 41.7 Å². The number of nitrogens with zero attached hydrogens (tertiary/aromatic N) is 1. The molecule has 0 bridgehead atoms. The number of hydrogen-bond donors (Lipinski definition) is 0. The molecule has 0 heterocycles. The molecule has 0 radical (unpaired) electrons. The maximum absolute atomic E-state index is 6.09. The molecular weight excluding hydrogens is 320 g/mol. The molecule has 0 saturated heterocycles. The summed E-state index contributed by atoms with van der Waals surface area (Å²) in [7, 11) is 3.78. The van der Waals surface area contributed by atoms with Gasteiger partial charge in [-0.25, -0.2) is 0 Å². The molecule has 0 aliphatic heterocycles. The molecule has 1 nitrogen and oxygen atoms in total. The maximum Gasteiger partial charge on any atom is 0.240 e. The number of hydrogen-bond acceptors (Lipinski definition) is 0. The molecule has 0 aromatic heterocycles. The van der Waals surface area contributed by atoms with Crippen molar-refractivity contribution in [2.45, 2.75) is 4.96 Å². The van der Waals surface area contributed by atoms with Crippen molar-refractivity contribution in [1.29, 1.82) is 0 Å². The van der Waals surface area contributed by atoms with Gasteiger partial charge < -0.3 is 0 Å². The molecule has 0 saturated carbocycles. The minimum atomic E-state index is -0.395. The zero-order valence-corrected chi connectivity index (χ0v) is 14.8. The summed E-state index contributed by atoms with van der Waals surface area (Å²) in [4.78, 5) is -0.395.